The van der Waals surface area contributed by atoms with Crippen molar-refractivity contribution >= 4 is 10.9 Å². The highest BCUT2D eigenvalue weighted by molar-refractivity contribution is 5.79. The molecule has 1 fully saturated rings. The summed E-state index contributed by atoms with van der Waals surface area (Å²) in [4.78, 5) is 18.9. The Hall–Kier alpha value is -3.36. The van der Waals surface area contributed by atoms with Crippen molar-refractivity contribution in [2.75, 3.05) is 13.2 Å². The monoisotopic (exact) mass is 456 g/mol. The Balaban J connectivity index is 1.46. The molecule has 174 valence electrons. The molecular weight excluding hydrogens is 428 g/mol. The minimum atomic E-state index is -0.362. The zero-order chi connectivity index (χ0) is 23.1. The molecule has 4 aromatic rings. The highest BCUT2D eigenvalue weighted by Crippen LogP contribution is 2.32. The van der Waals surface area contributed by atoms with Crippen molar-refractivity contribution in [1.29, 1.82) is 0 Å². The molecular formula is C26H28N6O2. The third-order valence-electron chi connectivity index (χ3n) is 7.05. The first kappa shape index (κ1) is 21.2. The zero-order valence-electron chi connectivity index (χ0n) is 19.3. The van der Waals surface area contributed by atoms with Crippen LogP contribution in [0.25, 0.3) is 10.9 Å². The van der Waals surface area contributed by atoms with E-state index in [1.165, 1.54) is 11.1 Å². The second-order valence-electron chi connectivity index (χ2n) is 9.39. The summed E-state index contributed by atoms with van der Waals surface area (Å²) < 4.78 is 7.69. The zero-order valence-corrected chi connectivity index (χ0v) is 19.3. The van der Waals surface area contributed by atoms with Gasteiger partial charge in [0.2, 0.25) is 0 Å². The Labute approximate surface area is 197 Å². The molecule has 2 atom stereocenters. The molecule has 8 nitrogen and oxygen atoms in total. The highest BCUT2D eigenvalue weighted by Gasteiger charge is 2.33. The Morgan fingerprint density at radius 3 is 2.91 bits per heavy atom. The van der Waals surface area contributed by atoms with Crippen LogP contribution < -0.4 is 5.56 Å². The fraction of sp³-hybridized carbons (Fsp3) is 0.385. The van der Waals surface area contributed by atoms with Gasteiger partial charge in [-0.2, -0.15) is 0 Å². The average Bonchev–Trinajstić information content (AvgIpc) is 3.52. The van der Waals surface area contributed by atoms with Gasteiger partial charge >= 0.3 is 0 Å². The largest absolute Gasteiger partial charge is 0.376 e. The third kappa shape index (κ3) is 3.93. The molecule has 4 heterocycles. The van der Waals surface area contributed by atoms with E-state index in [0.29, 0.717) is 17.9 Å². The Morgan fingerprint density at radius 1 is 1.18 bits per heavy atom. The minimum Gasteiger partial charge on any atom is -0.376 e. The number of tetrazole rings is 1. The van der Waals surface area contributed by atoms with Gasteiger partial charge in [-0.15, -0.1) is 5.10 Å². The quantitative estimate of drug-likeness (QED) is 0.496. The number of nitrogens with one attached hydrogen (secondary N) is 1. The van der Waals surface area contributed by atoms with Gasteiger partial charge < -0.3 is 9.72 Å². The van der Waals surface area contributed by atoms with Crippen LogP contribution >= 0.6 is 0 Å². The molecule has 0 unspecified atom stereocenters. The lowest BCUT2D eigenvalue weighted by Gasteiger charge is -2.35. The van der Waals surface area contributed by atoms with Crippen molar-refractivity contribution in [2.45, 2.75) is 51.4 Å². The summed E-state index contributed by atoms with van der Waals surface area (Å²) in [5.41, 5.74) is 5.16. The van der Waals surface area contributed by atoms with Crippen molar-refractivity contribution in [3.8, 4) is 0 Å². The van der Waals surface area contributed by atoms with E-state index in [-0.39, 0.29) is 17.7 Å². The molecule has 6 rings (SSSR count). The van der Waals surface area contributed by atoms with Crippen LogP contribution in [0.2, 0.25) is 0 Å². The van der Waals surface area contributed by atoms with E-state index in [2.05, 4.69) is 61.8 Å². The molecule has 2 aromatic carbocycles. The molecule has 1 saturated heterocycles. The fourth-order valence-electron chi connectivity index (χ4n) is 5.29. The third-order valence-corrected chi connectivity index (χ3v) is 7.05. The number of pyridine rings is 1. The van der Waals surface area contributed by atoms with E-state index in [4.69, 9.17) is 4.74 Å². The molecule has 2 aromatic heterocycles. The number of hydrogen-bond acceptors (Lipinski definition) is 6. The molecule has 0 saturated carbocycles. The first-order chi connectivity index (χ1) is 16.7. The van der Waals surface area contributed by atoms with Crippen LogP contribution in [-0.4, -0.2) is 49.3 Å². The van der Waals surface area contributed by atoms with Gasteiger partial charge in [0, 0.05) is 30.8 Å². The van der Waals surface area contributed by atoms with Crippen LogP contribution in [0.3, 0.4) is 0 Å². The molecule has 0 spiro atoms. The lowest BCUT2D eigenvalue weighted by molar-refractivity contribution is 0.0904. The van der Waals surface area contributed by atoms with Gasteiger partial charge in [0.05, 0.1) is 12.6 Å². The van der Waals surface area contributed by atoms with Gasteiger partial charge in [-0.1, -0.05) is 36.4 Å². The molecule has 1 N–H and O–H groups in total. The Morgan fingerprint density at radius 2 is 2.06 bits per heavy atom. The van der Waals surface area contributed by atoms with Gasteiger partial charge in [0.1, 0.15) is 6.04 Å². The number of rotatable bonds is 5. The molecule has 2 aliphatic rings. The van der Waals surface area contributed by atoms with E-state index in [1.807, 2.05) is 23.7 Å². The van der Waals surface area contributed by atoms with Crippen LogP contribution in [0.15, 0.2) is 53.3 Å². The highest BCUT2D eigenvalue weighted by atomic mass is 16.5. The maximum atomic E-state index is 13.4. The van der Waals surface area contributed by atoms with Crippen molar-refractivity contribution in [1.82, 2.24) is 30.1 Å². The maximum absolute atomic E-state index is 13.4. The maximum Gasteiger partial charge on any atom is 0.253 e. The van der Waals surface area contributed by atoms with Crippen LogP contribution in [0.1, 0.15) is 47.0 Å². The second kappa shape index (κ2) is 8.77. The second-order valence-corrected chi connectivity index (χ2v) is 9.39. The van der Waals surface area contributed by atoms with Crippen LogP contribution in [0.5, 0.6) is 0 Å². The van der Waals surface area contributed by atoms with E-state index in [0.717, 1.165) is 55.4 Å². The fourth-order valence-corrected chi connectivity index (χ4v) is 5.29. The number of nitrogens with zero attached hydrogens (tertiary/aromatic N) is 5. The van der Waals surface area contributed by atoms with Crippen LogP contribution in [0, 0.1) is 6.92 Å². The molecule has 0 aliphatic carbocycles. The van der Waals surface area contributed by atoms with Gasteiger partial charge in [0.15, 0.2) is 5.82 Å². The minimum absolute atomic E-state index is 0.0999. The summed E-state index contributed by atoms with van der Waals surface area (Å²) >= 11 is 0. The number of aromatic amines is 1. The summed E-state index contributed by atoms with van der Waals surface area (Å²) in [5, 5.41) is 13.8. The SMILES string of the molecule is Cc1ccc2cc([C@@H](c3nnnn3C[C@@H]3CCCO3)N3CCc4ccccc4C3)c(=O)[nH]c2c1. The Bertz CT molecular complexity index is 1390. The van der Waals surface area contributed by atoms with E-state index >= 15 is 0 Å². The molecule has 34 heavy (non-hydrogen) atoms. The molecule has 0 bridgehead atoms. The van der Waals surface area contributed by atoms with Crippen LogP contribution in [-0.2, 0) is 24.2 Å². The first-order valence-electron chi connectivity index (χ1n) is 12.0. The number of fused-ring (bicyclic) bond motifs is 2. The summed E-state index contributed by atoms with van der Waals surface area (Å²) in [6.07, 6.45) is 3.07. The van der Waals surface area contributed by atoms with E-state index in [9.17, 15) is 4.79 Å². The summed E-state index contributed by atoms with van der Waals surface area (Å²) in [6, 6.07) is 16.3. The predicted octanol–water partition coefficient (Wildman–Crippen LogP) is 3.15. The van der Waals surface area contributed by atoms with Crippen molar-refractivity contribution in [2.24, 2.45) is 0 Å². The number of hydrogen-bond donors (Lipinski definition) is 1. The van der Waals surface area contributed by atoms with Gasteiger partial charge in [0.25, 0.3) is 5.56 Å². The smallest absolute Gasteiger partial charge is 0.253 e. The van der Waals surface area contributed by atoms with Gasteiger partial charge in [-0.3, -0.25) is 9.69 Å². The van der Waals surface area contributed by atoms with Gasteiger partial charge in [-0.25, -0.2) is 4.68 Å². The van der Waals surface area contributed by atoms with Gasteiger partial charge in [-0.05, 0) is 70.8 Å². The van der Waals surface area contributed by atoms with Crippen molar-refractivity contribution in [3.63, 3.8) is 0 Å². The molecule has 8 heteroatoms. The number of aromatic nitrogens is 5. The molecule has 2 aliphatic heterocycles. The number of benzene rings is 2. The van der Waals surface area contributed by atoms with Crippen molar-refractivity contribution < 1.29 is 4.74 Å². The first-order valence-corrected chi connectivity index (χ1v) is 12.0. The van der Waals surface area contributed by atoms with E-state index in [1.54, 1.807) is 0 Å². The number of aryl methyl sites for hydroxylation is 1. The molecule has 0 amide bonds. The van der Waals surface area contributed by atoms with Crippen molar-refractivity contribution in [3.05, 3.63) is 87.0 Å². The lowest BCUT2D eigenvalue weighted by atomic mass is 9.95. The summed E-state index contributed by atoms with van der Waals surface area (Å²) in [7, 11) is 0. The molecule has 0 radical (unpaired) electrons. The normalized spacial score (nSPS) is 19.4. The predicted molar refractivity (Wildman–Crippen MR) is 128 cm³/mol. The average molecular weight is 457 g/mol. The summed E-state index contributed by atoms with van der Waals surface area (Å²) in [6.45, 7) is 4.95. The van der Waals surface area contributed by atoms with Crippen LogP contribution in [0.4, 0.5) is 0 Å². The summed E-state index contributed by atoms with van der Waals surface area (Å²) in [5.74, 6) is 0.687. The topological polar surface area (TPSA) is 88.9 Å². The lowest BCUT2D eigenvalue weighted by Crippen LogP contribution is -2.39. The standard InChI is InChI=1S/C26H28N6O2/c1-17-8-9-19-14-22(26(33)27-23(19)13-17)24(31-11-10-18-5-2-3-6-20(18)15-31)25-28-29-30-32(25)16-21-7-4-12-34-21/h2-3,5-6,8-9,13-14,21,24H,4,7,10-12,15-16H2,1H3,(H,27,33)/t21-,24-/m0/s1. The van der Waals surface area contributed by atoms with E-state index < -0.39 is 0 Å². The number of ether oxygens (including phenoxy) is 1. The Kier molecular flexibility index (Phi) is 5.47. The number of H-pyrrole nitrogens is 1.